The zero-order valence-electron chi connectivity index (χ0n) is 14.1. The summed E-state index contributed by atoms with van der Waals surface area (Å²) in [5.41, 5.74) is 3.26. The second-order valence-electron chi connectivity index (χ2n) is 6.15. The zero-order chi connectivity index (χ0) is 19.1. The molecule has 1 N–H and O–H groups in total. The Labute approximate surface area is 171 Å². The van der Waals surface area contributed by atoms with Crippen LogP contribution < -0.4 is 0 Å². The summed E-state index contributed by atoms with van der Waals surface area (Å²) in [6, 6.07) is 10.4. The van der Waals surface area contributed by atoms with E-state index < -0.39 is 0 Å². The highest BCUT2D eigenvalue weighted by molar-refractivity contribution is 9.11. The molecular formula is C19H13Br2FN4O. The molecule has 0 aliphatic rings. The maximum Gasteiger partial charge on any atom is 0.156 e. The predicted octanol–water partition coefficient (Wildman–Crippen LogP) is 5.22. The number of fused-ring (bicyclic) bond motifs is 1. The second kappa shape index (κ2) is 7.01. The normalized spacial score (nSPS) is 11.3. The number of nitrogens with zero attached hydrogens (tertiary/aromatic N) is 4. The Balaban J connectivity index is 1.66. The lowest BCUT2D eigenvalue weighted by Gasteiger charge is -2.07. The van der Waals surface area contributed by atoms with E-state index >= 15 is 0 Å². The lowest BCUT2D eigenvalue weighted by Crippen LogP contribution is -2.02. The molecule has 0 radical (unpaired) electrons. The van der Waals surface area contributed by atoms with Gasteiger partial charge in [0.05, 0.1) is 22.9 Å². The van der Waals surface area contributed by atoms with Gasteiger partial charge in [-0.15, -0.1) is 5.10 Å². The van der Waals surface area contributed by atoms with Crippen LogP contribution in [0.2, 0.25) is 0 Å². The van der Waals surface area contributed by atoms with Gasteiger partial charge < -0.3 is 5.11 Å². The molecule has 4 rings (SSSR count). The largest absolute Gasteiger partial charge is 0.505 e. The minimum absolute atomic E-state index is 0.0936. The molecule has 5 nitrogen and oxygen atoms in total. The Morgan fingerprint density at radius 2 is 1.93 bits per heavy atom. The minimum Gasteiger partial charge on any atom is -0.505 e. The smallest absolute Gasteiger partial charge is 0.156 e. The molecule has 0 bridgehead atoms. The zero-order valence-corrected chi connectivity index (χ0v) is 17.3. The first kappa shape index (κ1) is 18.1. The van der Waals surface area contributed by atoms with Crippen molar-refractivity contribution in [3.05, 3.63) is 68.6 Å². The van der Waals surface area contributed by atoms with Crippen LogP contribution in [0.25, 0.3) is 22.2 Å². The Hall–Kier alpha value is -2.32. The van der Waals surface area contributed by atoms with E-state index in [1.54, 1.807) is 36.0 Å². The first-order valence-electron chi connectivity index (χ1n) is 8.05. The average molecular weight is 492 g/mol. The van der Waals surface area contributed by atoms with Crippen molar-refractivity contribution in [1.29, 1.82) is 0 Å². The molecule has 0 saturated heterocycles. The van der Waals surface area contributed by atoms with Gasteiger partial charge in [-0.25, -0.2) is 14.1 Å². The molecule has 0 aliphatic heterocycles. The first-order chi connectivity index (χ1) is 12.9. The van der Waals surface area contributed by atoms with Gasteiger partial charge in [0.25, 0.3) is 0 Å². The number of aromatic nitrogens is 4. The fraction of sp³-hybridized carbons (Fsp3) is 0.105. The Bertz CT molecular complexity index is 1180. The number of halogens is 3. The maximum absolute atomic E-state index is 13.4. The molecule has 2 aromatic carbocycles. The first-order valence-corrected chi connectivity index (χ1v) is 9.64. The summed E-state index contributed by atoms with van der Waals surface area (Å²) in [6.45, 7) is 2.11. The minimum atomic E-state index is -0.247. The molecule has 2 aromatic heterocycles. The van der Waals surface area contributed by atoms with Gasteiger partial charge in [0.2, 0.25) is 0 Å². The van der Waals surface area contributed by atoms with Gasteiger partial charge in [-0.2, -0.15) is 0 Å². The van der Waals surface area contributed by atoms with Crippen LogP contribution in [0.15, 0.2) is 51.5 Å². The van der Waals surface area contributed by atoms with Crippen LogP contribution in [0.4, 0.5) is 4.39 Å². The van der Waals surface area contributed by atoms with E-state index in [-0.39, 0.29) is 11.6 Å². The number of aromatic hydroxyl groups is 1. The van der Waals surface area contributed by atoms with Crippen molar-refractivity contribution in [2.45, 2.75) is 13.5 Å². The standard InChI is InChI=1S/C19H13Br2FN4O/c1-10-6-11(2-5-16(10)22)17-9-26(25-24-17)8-12-3-4-13-14(20)7-15(21)19(27)18(13)23-12/h2-7,9,27H,8H2,1H3. The third-order valence-corrected chi connectivity index (χ3v) is 5.49. The third-order valence-electron chi connectivity index (χ3n) is 4.23. The van der Waals surface area contributed by atoms with Crippen molar-refractivity contribution in [3.63, 3.8) is 0 Å². The number of pyridine rings is 1. The van der Waals surface area contributed by atoms with Crippen LogP contribution in [0.5, 0.6) is 5.75 Å². The molecule has 136 valence electrons. The molecule has 8 heteroatoms. The van der Waals surface area contributed by atoms with E-state index in [9.17, 15) is 9.50 Å². The SMILES string of the molecule is Cc1cc(-c2cn(Cc3ccc4c(Br)cc(Br)c(O)c4n3)nn2)ccc1F. The molecule has 0 spiro atoms. The Morgan fingerprint density at radius 3 is 2.70 bits per heavy atom. The lowest BCUT2D eigenvalue weighted by atomic mass is 10.1. The van der Waals surface area contributed by atoms with Gasteiger partial charge in [0.1, 0.15) is 17.0 Å². The number of phenolic OH excluding ortho intramolecular Hbond substituents is 1. The molecule has 0 atom stereocenters. The van der Waals surface area contributed by atoms with Crippen LogP contribution in [0.1, 0.15) is 11.3 Å². The van der Waals surface area contributed by atoms with Gasteiger partial charge >= 0.3 is 0 Å². The number of rotatable bonds is 3. The van der Waals surface area contributed by atoms with Gasteiger partial charge in [0, 0.05) is 15.4 Å². The number of hydrogen-bond donors (Lipinski definition) is 1. The van der Waals surface area contributed by atoms with Crippen LogP contribution in [-0.4, -0.2) is 25.1 Å². The van der Waals surface area contributed by atoms with E-state index in [0.717, 1.165) is 21.1 Å². The molecule has 4 aromatic rings. The van der Waals surface area contributed by atoms with E-state index in [0.29, 0.717) is 27.8 Å². The monoisotopic (exact) mass is 490 g/mol. The summed E-state index contributed by atoms with van der Waals surface area (Å²) in [6.07, 6.45) is 1.79. The Morgan fingerprint density at radius 1 is 1.11 bits per heavy atom. The average Bonchev–Trinajstić information content (AvgIpc) is 3.10. The van der Waals surface area contributed by atoms with Crippen molar-refractivity contribution in [2.24, 2.45) is 0 Å². The van der Waals surface area contributed by atoms with E-state index in [4.69, 9.17) is 0 Å². The lowest BCUT2D eigenvalue weighted by molar-refractivity contribution is 0.476. The molecule has 0 amide bonds. The molecule has 0 unspecified atom stereocenters. The molecule has 0 saturated carbocycles. The van der Waals surface area contributed by atoms with E-state index in [1.807, 2.05) is 12.1 Å². The summed E-state index contributed by atoms with van der Waals surface area (Å²) < 4.78 is 16.5. The van der Waals surface area contributed by atoms with Crippen molar-refractivity contribution in [3.8, 4) is 17.0 Å². The number of phenols is 1. The second-order valence-corrected chi connectivity index (χ2v) is 7.86. The van der Waals surface area contributed by atoms with Gasteiger partial charge in [-0.05, 0) is 64.8 Å². The molecular weight excluding hydrogens is 479 g/mol. The van der Waals surface area contributed by atoms with Gasteiger partial charge in [-0.1, -0.05) is 21.1 Å². The van der Waals surface area contributed by atoms with Crippen LogP contribution in [0, 0.1) is 12.7 Å². The van der Waals surface area contributed by atoms with Crippen LogP contribution in [-0.2, 0) is 6.54 Å². The predicted molar refractivity (Wildman–Crippen MR) is 108 cm³/mol. The molecule has 0 fully saturated rings. The topological polar surface area (TPSA) is 63.8 Å². The highest BCUT2D eigenvalue weighted by Crippen LogP contribution is 2.36. The van der Waals surface area contributed by atoms with Crippen molar-refractivity contribution >= 4 is 42.8 Å². The quantitative estimate of drug-likeness (QED) is 0.426. The number of benzene rings is 2. The highest BCUT2D eigenvalue weighted by Gasteiger charge is 2.12. The van der Waals surface area contributed by atoms with Crippen LogP contribution >= 0.6 is 31.9 Å². The van der Waals surface area contributed by atoms with E-state index in [2.05, 4.69) is 47.2 Å². The van der Waals surface area contributed by atoms with Gasteiger partial charge in [0.15, 0.2) is 5.75 Å². The maximum atomic E-state index is 13.4. The van der Waals surface area contributed by atoms with Crippen molar-refractivity contribution < 1.29 is 9.50 Å². The molecule has 2 heterocycles. The van der Waals surface area contributed by atoms with E-state index in [1.165, 1.54) is 6.07 Å². The summed E-state index contributed by atoms with van der Waals surface area (Å²) in [5.74, 6) is -0.153. The summed E-state index contributed by atoms with van der Waals surface area (Å²) in [4.78, 5) is 4.55. The summed E-state index contributed by atoms with van der Waals surface area (Å²) in [7, 11) is 0. The number of hydrogen-bond acceptors (Lipinski definition) is 4. The van der Waals surface area contributed by atoms with Gasteiger partial charge in [-0.3, -0.25) is 0 Å². The fourth-order valence-corrected chi connectivity index (χ4v) is 4.08. The Kier molecular flexibility index (Phi) is 4.69. The summed E-state index contributed by atoms with van der Waals surface area (Å²) in [5, 5.41) is 19.4. The molecule has 0 aliphatic carbocycles. The fourth-order valence-electron chi connectivity index (χ4n) is 2.81. The summed E-state index contributed by atoms with van der Waals surface area (Å²) >= 11 is 6.80. The third kappa shape index (κ3) is 3.46. The van der Waals surface area contributed by atoms with Crippen molar-refractivity contribution in [1.82, 2.24) is 20.0 Å². The van der Waals surface area contributed by atoms with Crippen LogP contribution in [0.3, 0.4) is 0 Å². The van der Waals surface area contributed by atoms with Crippen molar-refractivity contribution in [2.75, 3.05) is 0 Å². The molecule has 27 heavy (non-hydrogen) atoms. The highest BCUT2D eigenvalue weighted by atomic mass is 79.9. The number of aryl methyl sites for hydroxylation is 1.